The van der Waals surface area contributed by atoms with Gasteiger partial charge in [0.05, 0.1) is 28.2 Å². The van der Waals surface area contributed by atoms with Crippen LogP contribution in [0.25, 0.3) is 23.4 Å². The fourth-order valence-corrected chi connectivity index (χ4v) is 5.36. The molecule has 4 aromatic rings. The van der Waals surface area contributed by atoms with E-state index in [1.807, 2.05) is 65.6 Å². The molecule has 2 amide bonds. The standard InChI is InChI=1S/C33H30N6O4/c40-30-3-1-2-17-38(30)18-16-23-4-9-24(10-5-23)32(31-28-19-27(39(42)43)14-15-29(28)37-33(31)41)36-25-11-6-22(7-12-25)8-13-26-20-34-21-35-26/h4-15,19-21,36H,1-3,16-18H2,(H,34,35)(H,37,41). The smallest absolute Gasteiger partial charge is 0.270 e. The summed E-state index contributed by atoms with van der Waals surface area (Å²) in [7, 11) is 0. The normalized spacial score (nSPS) is 15.9. The van der Waals surface area contributed by atoms with E-state index < -0.39 is 4.92 Å². The highest BCUT2D eigenvalue weighted by Gasteiger charge is 2.30. The van der Waals surface area contributed by atoms with Crippen LogP contribution in [0.4, 0.5) is 17.1 Å². The molecule has 10 heteroatoms. The summed E-state index contributed by atoms with van der Waals surface area (Å²) in [6.07, 6.45) is 10.6. The number of carbonyl (C=O) groups is 2. The summed E-state index contributed by atoms with van der Waals surface area (Å²) in [4.78, 5) is 45.6. The van der Waals surface area contributed by atoms with Crippen molar-refractivity contribution in [2.24, 2.45) is 0 Å². The lowest BCUT2D eigenvalue weighted by Gasteiger charge is -2.26. The van der Waals surface area contributed by atoms with Gasteiger partial charge in [-0.3, -0.25) is 19.7 Å². The predicted molar refractivity (Wildman–Crippen MR) is 167 cm³/mol. The fourth-order valence-electron chi connectivity index (χ4n) is 5.36. The summed E-state index contributed by atoms with van der Waals surface area (Å²) in [6, 6.07) is 20.0. The molecule has 216 valence electrons. The number of carbonyl (C=O) groups excluding carboxylic acids is 2. The predicted octanol–water partition coefficient (Wildman–Crippen LogP) is 5.98. The SMILES string of the molecule is O=C1Nc2ccc([N+](=O)[O-])cc2C1=C(Nc1ccc(C=Cc2c[nH]cn2)cc1)c1ccc(CCN2CCCCC2=O)cc1. The second-order valence-electron chi connectivity index (χ2n) is 10.6. The van der Waals surface area contributed by atoms with Gasteiger partial charge in [-0.1, -0.05) is 42.5 Å². The number of H-pyrrole nitrogens is 1. The first-order valence-electron chi connectivity index (χ1n) is 14.2. The molecule has 3 N–H and O–H groups in total. The number of hydrogen-bond donors (Lipinski definition) is 3. The van der Waals surface area contributed by atoms with Crippen molar-refractivity contribution in [2.75, 3.05) is 23.7 Å². The molecule has 3 heterocycles. The van der Waals surface area contributed by atoms with Crippen molar-refractivity contribution in [3.8, 4) is 0 Å². The maximum absolute atomic E-state index is 13.3. The van der Waals surface area contributed by atoms with Crippen molar-refractivity contribution in [1.82, 2.24) is 14.9 Å². The zero-order chi connectivity index (χ0) is 29.8. The number of amides is 2. The second kappa shape index (κ2) is 12.2. The van der Waals surface area contributed by atoms with Crippen molar-refractivity contribution in [3.05, 3.63) is 117 Å². The van der Waals surface area contributed by atoms with Gasteiger partial charge < -0.3 is 20.5 Å². The monoisotopic (exact) mass is 574 g/mol. The first kappa shape index (κ1) is 27.6. The number of aromatic amines is 1. The number of nitrogens with zero attached hydrogens (tertiary/aromatic N) is 3. The Morgan fingerprint density at radius 1 is 1.02 bits per heavy atom. The molecule has 10 nitrogen and oxygen atoms in total. The zero-order valence-corrected chi connectivity index (χ0v) is 23.4. The first-order valence-corrected chi connectivity index (χ1v) is 14.2. The summed E-state index contributed by atoms with van der Waals surface area (Å²) in [5, 5.41) is 17.8. The largest absolute Gasteiger partial charge is 0.354 e. The fraction of sp³-hybridized carbons (Fsp3) is 0.182. The van der Waals surface area contributed by atoms with Gasteiger partial charge >= 0.3 is 0 Å². The molecular formula is C33H30N6O4. The Kier molecular flexibility index (Phi) is 7.82. The van der Waals surface area contributed by atoms with E-state index in [9.17, 15) is 19.7 Å². The number of nitrogens with one attached hydrogen (secondary N) is 3. The lowest BCUT2D eigenvalue weighted by Crippen LogP contribution is -2.36. The Bertz CT molecular complexity index is 1720. The van der Waals surface area contributed by atoms with Crippen LogP contribution in [0.2, 0.25) is 0 Å². The van der Waals surface area contributed by atoms with E-state index in [0.29, 0.717) is 35.5 Å². The van der Waals surface area contributed by atoms with Crippen molar-refractivity contribution in [1.29, 1.82) is 0 Å². The molecule has 6 rings (SSSR count). The van der Waals surface area contributed by atoms with Gasteiger partial charge in [0.1, 0.15) is 0 Å². The molecule has 0 unspecified atom stereocenters. The van der Waals surface area contributed by atoms with Gasteiger partial charge in [-0.15, -0.1) is 0 Å². The van der Waals surface area contributed by atoms with Gasteiger partial charge in [-0.2, -0.15) is 0 Å². The first-order chi connectivity index (χ1) is 20.9. The number of aromatic nitrogens is 2. The molecule has 0 spiro atoms. The summed E-state index contributed by atoms with van der Waals surface area (Å²) in [6.45, 7) is 1.47. The van der Waals surface area contributed by atoms with Crippen LogP contribution in [0.3, 0.4) is 0 Å². The molecular weight excluding hydrogens is 544 g/mol. The summed E-state index contributed by atoms with van der Waals surface area (Å²) >= 11 is 0. The number of nitro benzene ring substituents is 1. The summed E-state index contributed by atoms with van der Waals surface area (Å²) < 4.78 is 0. The third kappa shape index (κ3) is 6.23. The van der Waals surface area contributed by atoms with Gasteiger partial charge in [0, 0.05) is 54.8 Å². The van der Waals surface area contributed by atoms with E-state index >= 15 is 0 Å². The van der Waals surface area contributed by atoms with E-state index in [-0.39, 0.29) is 17.5 Å². The number of fused-ring (bicyclic) bond motifs is 1. The number of benzene rings is 3. The highest BCUT2D eigenvalue weighted by molar-refractivity contribution is 6.37. The van der Waals surface area contributed by atoms with Crippen molar-refractivity contribution in [2.45, 2.75) is 25.7 Å². The van der Waals surface area contributed by atoms with E-state index in [2.05, 4.69) is 20.6 Å². The van der Waals surface area contributed by atoms with Gasteiger partial charge in [-0.25, -0.2) is 4.98 Å². The number of rotatable bonds is 9. The minimum Gasteiger partial charge on any atom is -0.354 e. The number of anilines is 2. The van der Waals surface area contributed by atoms with Crippen LogP contribution < -0.4 is 10.6 Å². The Balaban J connectivity index is 1.31. The molecule has 2 aliphatic heterocycles. The maximum Gasteiger partial charge on any atom is 0.270 e. The summed E-state index contributed by atoms with van der Waals surface area (Å²) in [5.41, 5.74) is 6.12. The number of piperidine rings is 1. The van der Waals surface area contributed by atoms with Gasteiger partial charge in [0.25, 0.3) is 11.6 Å². The molecule has 1 aromatic heterocycles. The van der Waals surface area contributed by atoms with Crippen LogP contribution >= 0.6 is 0 Å². The highest BCUT2D eigenvalue weighted by atomic mass is 16.6. The Morgan fingerprint density at radius 2 is 1.84 bits per heavy atom. The lowest BCUT2D eigenvalue weighted by molar-refractivity contribution is -0.384. The second-order valence-corrected chi connectivity index (χ2v) is 10.6. The van der Waals surface area contributed by atoms with Gasteiger partial charge in [0.15, 0.2) is 0 Å². The van der Waals surface area contributed by atoms with Crippen LogP contribution in [0.1, 0.15) is 47.2 Å². The van der Waals surface area contributed by atoms with Crippen LogP contribution in [0, 0.1) is 10.1 Å². The number of non-ortho nitro benzene ring substituents is 1. The molecule has 0 atom stereocenters. The minimum absolute atomic E-state index is 0.0947. The number of likely N-dealkylation sites (tertiary alicyclic amines) is 1. The van der Waals surface area contributed by atoms with E-state index in [4.69, 9.17) is 0 Å². The number of imidazole rings is 1. The molecule has 3 aromatic carbocycles. The number of hydrogen-bond acceptors (Lipinski definition) is 6. The number of nitro groups is 1. The van der Waals surface area contributed by atoms with Crippen LogP contribution in [0.15, 0.2) is 79.3 Å². The van der Waals surface area contributed by atoms with Gasteiger partial charge in [-0.05, 0) is 60.2 Å². The van der Waals surface area contributed by atoms with Crippen LogP contribution in [0.5, 0.6) is 0 Å². The molecule has 2 aliphatic rings. The molecule has 1 fully saturated rings. The average Bonchev–Trinajstić information content (AvgIpc) is 3.66. The zero-order valence-electron chi connectivity index (χ0n) is 23.4. The minimum atomic E-state index is -0.467. The van der Waals surface area contributed by atoms with Crippen LogP contribution in [-0.2, 0) is 16.0 Å². The van der Waals surface area contributed by atoms with E-state index in [0.717, 1.165) is 53.9 Å². The third-order valence-electron chi connectivity index (χ3n) is 7.69. The Morgan fingerprint density at radius 3 is 2.56 bits per heavy atom. The quantitative estimate of drug-likeness (QED) is 0.128. The highest BCUT2D eigenvalue weighted by Crippen LogP contribution is 2.39. The topological polar surface area (TPSA) is 133 Å². The molecule has 0 aliphatic carbocycles. The Hall–Kier alpha value is -5.51. The molecule has 0 bridgehead atoms. The lowest BCUT2D eigenvalue weighted by atomic mass is 9.98. The third-order valence-corrected chi connectivity index (χ3v) is 7.69. The van der Waals surface area contributed by atoms with Gasteiger partial charge in [0.2, 0.25) is 5.91 Å². The Labute approximate surface area is 248 Å². The summed E-state index contributed by atoms with van der Waals surface area (Å²) in [5.74, 6) is -0.133. The van der Waals surface area contributed by atoms with Crippen molar-refractivity contribution in [3.63, 3.8) is 0 Å². The van der Waals surface area contributed by atoms with E-state index in [1.165, 1.54) is 12.1 Å². The maximum atomic E-state index is 13.3. The average molecular weight is 575 g/mol. The van der Waals surface area contributed by atoms with Crippen LogP contribution in [-0.4, -0.2) is 44.7 Å². The molecule has 0 radical (unpaired) electrons. The molecule has 1 saturated heterocycles. The molecule has 43 heavy (non-hydrogen) atoms. The van der Waals surface area contributed by atoms with Crippen molar-refractivity contribution < 1.29 is 14.5 Å². The molecule has 0 saturated carbocycles. The van der Waals surface area contributed by atoms with E-state index in [1.54, 1.807) is 18.6 Å². The van der Waals surface area contributed by atoms with Crippen molar-refractivity contribution >= 4 is 52.3 Å².